The van der Waals surface area contributed by atoms with Gasteiger partial charge in [-0.05, 0) is 37.1 Å². The molecule has 3 nitrogen and oxygen atoms in total. The fraction of sp³-hybridized carbons (Fsp3) is 0.316. The quantitative estimate of drug-likeness (QED) is 0.529. The molecule has 2 aromatic carbocycles. The van der Waals surface area contributed by atoms with Crippen molar-refractivity contribution in [3.05, 3.63) is 71.8 Å². The lowest BCUT2D eigenvalue weighted by Crippen LogP contribution is -2.36. The zero-order valence-corrected chi connectivity index (χ0v) is 12.7. The minimum Gasteiger partial charge on any atom is -0.411 e. The fourth-order valence-electron chi connectivity index (χ4n) is 3.19. The monoisotopic (exact) mass is 294 g/mol. The number of piperidine rings is 1. The molecular formula is C19H22N2O. The van der Waals surface area contributed by atoms with Crippen molar-refractivity contribution in [2.75, 3.05) is 13.1 Å². The maximum atomic E-state index is 9.41. The third-order valence-electron chi connectivity index (χ3n) is 4.40. The molecule has 1 N–H and O–H groups in total. The number of nitrogens with zero attached hydrogens (tertiary/aromatic N) is 2. The molecule has 0 amide bonds. The van der Waals surface area contributed by atoms with Gasteiger partial charge in [0, 0.05) is 12.5 Å². The van der Waals surface area contributed by atoms with Crippen molar-refractivity contribution >= 4 is 5.71 Å². The van der Waals surface area contributed by atoms with E-state index in [0.29, 0.717) is 5.92 Å². The van der Waals surface area contributed by atoms with Crippen LogP contribution in [0.3, 0.4) is 0 Å². The summed E-state index contributed by atoms with van der Waals surface area (Å²) in [4.78, 5) is 2.48. The zero-order chi connectivity index (χ0) is 15.2. The van der Waals surface area contributed by atoms with E-state index < -0.39 is 0 Å². The van der Waals surface area contributed by atoms with Gasteiger partial charge in [-0.3, -0.25) is 4.90 Å². The maximum Gasteiger partial charge on any atom is 0.0899 e. The van der Waals surface area contributed by atoms with E-state index in [2.05, 4.69) is 40.4 Å². The van der Waals surface area contributed by atoms with Crippen molar-refractivity contribution in [3.63, 3.8) is 0 Å². The van der Waals surface area contributed by atoms with Gasteiger partial charge >= 0.3 is 0 Å². The van der Waals surface area contributed by atoms with E-state index in [0.717, 1.165) is 43.8 Å². The molecule has 3 rings (SSSR count). The summed E-state index contributed by atoms with van der Waals surface area (Å²) in [7, 11) is 0. The first-order chi connectivity index (χ1) is 10.9. The highest BCUT2D eigenvalue weighted by Gasteiger charge is 2.24. The average molecular weight is 294 g/mol. The average Bonchev–Trinajstić information content (AvgIpc) is 2.59. The normalized spacial score (nSPS) is 17.5. The van der Waals surface area contributed by atoms with Crippen LogP contribution in [0.5, 0.6) is 0 Å². The standard InChI is InChI=1S/C19H22N2O/c22-20-19(17-9-5-2-6-10-17)18-11-13-21(14-12-18)15-16-7-3-1-4-8-16/h1-10,18,22H,11-15H2. The summed E-state index contributed by atoms with van der Waals surface area (Å²) in [6.45, 7) is 3.10. The van der Waals surface area contributed by atoms with Crippen LogP contribution in [0.4, 0.5) is 0 Å². The fourth-order valence-corrected chi connectivity index (χ4v) is 3.19. The molecule has 3 heteroatoms. The molecule has 114 valence electrons. The van der Waals surface area contributed by atoms with Crippen LogP contribution in [0.2, 0.25) is 0 Å². The second kappa shape index (κ2) is 7.23. The summed E-state index contributed by atoms with van der Waals surface area (Å²) in [6, 6.07) is 20.6. The SMILES string of the molecule is ON=C(c1ccccc1)C1CCN(Cc2ccccc2)CC1. The predicted molar refractivity (Wildman–Crippen MR) is 89.2 cm³/mol. The van der Waals surface area contributed by atoms with Gasteiger partial charge in [0.15, 0.2) is 0 Å². The van der Waals surface area contributed by atoms with Crippen LogP contribution >= 0.6 is 0 Å². The first kappa shape index (κ1) is 14.8. The van der Waals surface area contributed by atoms with E-state index >= 15 is 0 Å². The zero-order valence-electron chi connectivity index (χ0n) is 12.7. The summed E-state index contributed by atoms with van der Waals surface area (Å²) in [5, 5.41) is 13.0. The summed E-state index contributed by atoms with van der Waals surface area (Å²) in [5.41, 5.74) is 3.23. The molecule has 0 spiro atoms. The lowest BCUT2D eigenvalue weighted by Gasteiger charge is -2.32. The molecule has 0 unspecified atom stereocenters. The van der Waals surface area contributed by atoms with E-state index in [9.17, 15) is 5.21 Å². The Labute approximate surface area is 131 Å². The molecule has 0 aliphatic carbocycles. The molecule has 22 heavy (non-hydrogen) atoms. The van der Waals surface area contributed by atoms with Gasteiger partial charge < -0.3 is 5.21 Å². The highest BCUT2D eigenvalue weighted by molar-refractivity contribution is 6.01. The van der Waals surface area contributed by atoms with Gasteiger partial charge in [-0.15, -0.1) is 0 Å². The minimum absolute atomic E-state index is 0.347. The number of likely N-dealkylation sites (tertiary alicyclic amines) is 1. The second-order valence-electron chi connectivity index (χ2n) is 5.89. The number of oxime groups is 1. The van der Waals surface area contributed by atoms with Crippen molar-refractivity contribution in [2.24, 2.45) is 11.1 Å². The molecule has 0 radical (unpaired) electrons. The summed E-state index contributed by atoms with van der Waals surface area (Å²) in [6.07, 6.45) is 2.09. The van der Waals surface area contributed by atoms with Gasteiger partial charge in [-0.1, -0.05) is 65.8 Å². The van der Waals surface area contributed by atoms with Crippen molar-refractivity contribution in [2.45, 2.75) is 19.4 Å². The van der Waals surface area contributed by atoms with Gasteiger partial charge in [0.2, 0.25) is 0 Å². The third-order valence-corrected chi connectivity index (χ3v) is 4.40. The molecule has 0 aromatic heterocycles. The van der Waals surface area contributed by atoms with Crippen LogP contribution in [0, 0.1) is 5.92 Å². The Balaban J connectivity index is 1.59. The van der Waals surface area contributed by atoms with Gasteiger partial charge in [-0.2, -0.15) is 0 Å². The topological polar surface area (TPSA) is 35.8 Å². The van der Waals surface area contributed by atoms with Gasteiger partial charge in [0.1, 0.15) is 0 Å². The van der Waals surface area contributed by atoms with Gasteiger partial charge in [0.25, 0.3) is 0 Å². The first-order valence-corrected chi connectivity index (χ1v) is 7.90. The highest BCUT2D eigenvalue weighted by atomic mass is 16.4. The Hall–Kier alpha value is -2.13. The third kappa shape index (κ3) is 3.55. The Kier molecular flexibility index (Phi) is 4.86. The van der Waals surface area contributed by atoms with Gasteiger partial charge in [0.05, 0.1) is 5.71 Å². The van der Waals surface area contributed by atoms with Crippen LogP contribution in [0.1, 0.15) is 24.0 Å². The Morgan fingerprint density at radius 1 is 0.955 bits per heavy atom. The van der Waals surface area contributed by atoms with Crippen molar-refractivity contribution in [1.82, 2.24) is 4.90 Å². The summed E-state index contributed by atoms with van der Waals surface area (Å²) in [5.74, 6) is 0.347. The Morgan fingerprint density at radius 2 is 1.55 bits per heavy atom. The van der Waals surface area contributed by atoms with Crippen molar-refractivity contribution < 1.29 is 5.21 Å². The molecule has 2 aromatic rings. The van der Waals surface area contributed by atoms with Gasteiger partial charge in [-0.25, -0.2) is 0 Å². The highest BCUT2D eigenvalue weighted by Crippen LogP contribution is 2.23. The molecular weight excluding hydrogens is 272 g/mol. The Bertz CT molecular complexity index is 602. The van der Waals surface area contributed by atoms with Crippen LogP contribution in [0.15, 0.2) is 65.8 Å². The Morgan fingerprint density at radius 3 is 2.14 bits per heavy atom. The van der Waals surface area contributed by atoms with E-state index in [-0.39, 0.29) is 0 Å². The molecule has 0 bridgehead atoms. The van der Waals surface area contributed by atoms with Crippen LogP contribution in [-0.4, -0.2) is 28.9 Å². The van der Waals surface area contributed by atoms with Crippen LogP contribution < -0.4 is 0 Å². The van der Waals surface area contributed by atoms with Crippen LogP contribution in [0.25, 0.3) is 0 Å². The van der Waals surface area contributed by atoms with Crippen molar-refractivity contribution in [3.8, 4) is 0 Å². The van der Waals surface area contributed by atoms with Crippen molar-refractivity contribution in [1.29, 1.82) is 0 Å². The number of hydrogen-bond donors (Lipinski definition) is 1. The number of rotatable bonds is 4. The molecule has 1 saturated heterocycles. The van der Waals surface area contributed by atoms with E-state index in [1.165, 1.54) is 5.56 Å². The molecule has 1 heterocycles. The van der Waals surface area contributed by atoms with E-state index in [4.69, 9.17) is 0 Å². The molecule has 1 aliphatic heterocycles. The largest absolute Gasteiger partial charge is 0.411 e. The number of hydrogen-bond acceptors (Lipinski definition) is 3. The first-order valence-electron chi connectivity index (χ1n) is 7.90. The predicted octanol–water partition coefficient (Wildman–Crippen LogP) is 3.78. The lowest BCUT2D eigenvalue weighted by molar-refractivity contribution is 0.199. The summed E-state index contributed by atoms with van der Waals surface area (Å²) < 4.78 is 0. The lowest BCUT2D eigenvalue weighted by atomic mass is 9.88. The second-order valence-corrected chi connectivity index (χ2v) is 5.89. The summed E-state index contributed by atoms with van der Waals surface area (Å²) >= 11 is 0. The van der Waals surface area contributed by atoms with Crippen LogP contribution in [-0.2, 0) is 6.54 Å². The molecule has 1 fully saturated rings. The molecule has 0 atom stereocenters. The smallest absolute Gasteiger partial charge is 0.0899 e. The molecule has 0 saturated carbocycles. The molecule has 1 aliphatic rings. The minimum atomic E-state index is 0.347. The number of benzene rings is 2. The maximum absolute atomic E-state index is 9.41. The van der Waals surface area contributed by atoms with E-state index in [1.54, 1.807) is 0 Å². The van der Waals surface area contributed by atoms with E-state index in [1.807, 2.05) is 30.3 Å².